The molecule has 5 aromatic rings. The second-order valence-corrected chi connectivity index (χ2v) is 38.0. The highest BCUT2D eigenvalue weighted by Crippen LogP contribution is 2.55. The topological polar surface area (TPSA) is 195 Å². The van der Waals surface area contributed by atoms with E-state index >= 15 is 8.78 Å². The minimum Gasteiger partial charge on any atom is -0.463 e. The van der Waals surface area contributed by atoms with E-state index in [4.69, 9.17) is 29.2 Å². The van der Waals surface area contributed by atoms with Gasteiger partial charge in [0.25, 0.3) is 5.91 Å². The Labute approximate surface area is 570 Å². The van der Waals surface area contributed by atoms with Crippen molar-refractivity contribution in [2.45, 2.75) is 200 Å². The summed E-state index contributed by atoms with van der Waals surface area (Å²) in [6, 6.07) is 11.4. The molecule has 13 rings (SSSR count). The fraction of sp³-hybridized carbons (Fsp3) is 0.600. The first-order valence-corrected chi connectivity index (χ1v) is 37.7. The van der Waals surface area contributed by atoms with Gasteiger partial charge in [-0.1, -0.05) is 53.5 Å². The summed E-state index contributed by atoms with van der Waals surface area (Å²) in [5, 5.41) is 6.48. The summed E-state index contributed by atoms with van der Waals surface area (Å²) in [5.74, 6) is 2.34. The predicted molar refractivity (Wildman–Crippen MR) is 374 cm³/mol. The molecule has 2 saturated carbocycles. The van der Waals surface area contributed by atoms with Crippen LogP contribution in [0.4, 0.5) is 35.6 Å². The van der Waals surface area contributed by atoms with Crippen molar-refractivity contribution in [3.63, 3.8) is 0 Å². The average Bonchev–Trinajstić information content (AvgIpc) is 1.75. The Balaban J connectivity index is 0.717. The first-order valence-electron chi connectivity index (χ1n) is 35.5. The number of carbonyl (C=O) groups excluding carboxylic acids is 5. The number of nitrogens with zero attached hydrogens (tertiary/aromatic N) is 9. The van der Waals surface area contributed by atoms with Crippen molar-refractivity contribution in [2.24, 2.45) is 16.7 Å². The first kappa shape index (κ1) is 68.1. The lowest BCUT2D eigenvalue weighted by atomic mass is 9.57. The molecule has 3 atom stereocenters. The number of hydrogen-bond acceptors (Lipinski definition) is 15. The maximum Gasteiger partial charge on any atom is 0.412 e. The van der Waals surface area contributed by atoms with Gasteiger partial charge in [0.15, 0.2) is 5.82 Å². The molecule has 7 fully saturated rings. The molecule has 19 nitrogen and oxygen atoms in total. The summed E-state index contributed by atoms with van der Waals surface area (Å²) < 4.78 is 53.6. The van der Waals surface area contributed by atoms with Gasteiger partial charge in [-0.3, -0.25) is 39.8 Å². The van der Waals surface area contributed by atoms with Gasteiger partial charge < -0.3 is 33.8 Å². The molecule has 0 radical (unpaired) electrons. The van der Waals surface area contributed by atoms with E-state index in [1.54, 1.807) is 50.1 Å². The molecule has 5 amide bonds. The minimum atomic E-state index is -2.41. The standard InChI is InChI=1S/C75H97F2N11O8Si/c1-45(2)97(46(3)4,47(5)6)32-21-56-59(76)18-13-49-33-51(79-70(92)95-72(7,8)9)35-57(62(49)56)64-63(77)65-58(38-78-64)66(86-41-53-14-15-54(42-86)88(53)71(93)96-73(10,11)12)82-69(81-65)94-44-75(22-23-75)43-84-26-24-74(25-27-84)36-48(37-74)39-83-28-30-85(31-29-83)52-16-17-55-50(34-52)40-87(68(55)91)60-19-20-61(89)80-67(60)90/h13,16-18,33-35,38,45-48,53-54,60H,14-15,19-20,22-31,36-37,39-44H2,1-12H3,(H,79,92)(H,80,89,90)/t53?,54?,60-/m0/s1. The predicted octanol–water partition coefficient (Wildman–Crippen LogP) is 12.9. The smallest absolute Gasteiger partial charge is 0.412 e. The van der Waals surface area contributed by atoms with Gasteiger partial charge in [0.2, 0.25) is 11.8 Å². The molecule has 5 saturated heterocycles. The molecule has 1 spiro atoms. The fourth-order valence-electron chi connectivity index (χ4n) is 17.5. The zero-order valence-corrected chi connectivity index (χ0v) is 59.8. The quantitative estimate of drug-likeness (QED) is 0.0570. The molecular formula is C75H97F2N11O8Si. The van der Waals surface area contributed by atoms with Gasteiger partial charge in [-0.05, 0) is 188 Å². The lowest BCUT2D eigenvalue weighted by Gasteiger charge is -2.54. The van der Waals surface area contributed by atoms with Gasteiger partial charge in [0, 0.05) is 105 Å². The van der Waals surface area contributed by atoms with E-state index in [-0.39, 0.29) is 86.8 Å². The summed E-state index contributed by atoms with van der Waals surface area (Å²) in [4.78, 5) is 93.1. The van der Waals surface area contributed by atoms with Crippen molar-refractivity contribution in [1.82, 2.24) is 39.9 Å². The molecule has 2 aliphatic carbocycles. The number of amides is 5. The van der Waals surface area contributed by atoms with E-state index in [2.05, 4.69) is 89.3 Å². The number of halogens is 2. The number of fused-ring (bicyclic) bond motifs is 5. The normalized spacial score (nSPS) is 22.2. The molecule has 518 valence electrons. The molecule has 8 heterocycles. The van der Waals surface area contributed by atoms with Crippen molar-refractivity contribution in [1.29, 1.82) is 0 Å². The van der Waals surface area contributed by atoms with Crippen molar-refractivity contribution >= 4 is 76.8 Å². The maximum absolute atomic E-state index is 18.5. The molecule has 97 heavy (non-hydrogen) atoms. The van der Waals surface area contributed by atoms with Crippen LogP contribution in [-0.4, -0.2) is 174 Å². The highest BCUT2D eigenvalue weighted by Gasteiger charge is 2.51. The monoisotopic (exact) mass is 1350 g/mol. The summed E-state index contributed by atoms with van der Waals surface area (Å²) in [5.41, 5.74) is 6.42. The van der Waals surface area contributed by atoms with Gasteiger partial charge in [0.1, 0.15) is 48.2 Å². The molecular weight excluding hydrogens is 1250 g/mol. The van der Waals surface area contributed by atoms with Crippen molar-refractivity contribution < 1.29 is 47.0 Å². The number of piperazine rings is 2. The summed E-state index contributed by atoms with van der Waals surface area (Å²) >= 11 is 0. The SMILES string of the molecule is CC(C)[Si](C#Cc1c(F)ccc2cc(NC(=O)OC(C)(C)C)cc(-c3ncc4c(N5CC6CCC(C5)N6C(=O)OC(C)(C)C)nc(OCC5(CN6CCC7(CC6)CC(CN6CCN(c8ccc9c(c8)CN([C@H]8CCC(=O)NC8=O)C9=O)CC6)C7)CC5)nc4c3F)c12)(C(C)C)C(C)C. The van der Waals surface area contributed by atoms with E-state index in [1.807, 2.05) is 37.8 Å². The van der Waals surface area contributed by atoms with E-state index in [1.165, 1.54) is 18.9 Å². The number of nitrogens with one attached hydrogen (secondary N) is 2. The number of ether oxygens (including phenoxy) is 3. The van der Waals surface area contributed by atoms with Crippen LogP contribution in [0.3, 0.4) is 0 Å². The van der Waals surface area contributed by atoms with Crippen molar-refractivity contribution in [3.8, 4) is 28.7 Å². The van der Waals surface area contributed by atoms with Gasteiger partial charge in [0.05, 0.1) is 29.6 Å². The molecule has 22 heteroatoms. The van der Waals surface area contributed by atoms with Crippen LogP contribution in [0.1, 0.15) is 169 Å². The van der Waals surface area contributed by atoms with Gasteiger partial charge in [-0.25, -0.2) is 18.4 Å². The van der Waals surface area contributed by atoms with Crippen LogP contribution in [-0.2, 0) is 25.6 Å². The second-order valence-electron chi connectivity index (χ2n) is 32.4. The average molecular weight is 1350 g/mol. The number of imide groups is 1. The summed E-state index contributed by atoms with van der Waals surface area (Å²) in [7, 11) is -2.41. The Hall–Kier alpha value is -7.48. The number of piperidine rings is 2. The summed E-state index contributed by atoms with van der Waals surface area (Å²) in [6.45, 7) is 33.5. The van der Waals surface area contributed by atoms with Crippen molar-refractivity contribution in [2.75, 3.05) is 87.2 Å². The highest BCUT2D eigenvalue weighted by molar-refractivity contribution is 6.90. The molecule has 6 aliphatic heterocycles. The fourth-order valence-corrected chi connectivity index (χ4v) is 22.7. The van der Waals surface area contributed by atoms with Crippen LogP contribution in [0.5, 0.6) is 6.01 Å². The van der Waals surface area contributed by atoms with Crippen LogP contribution >= 0.6 is 0 Å². The van der Waals surface area contributed by atoms with E-state index < -0.39 is 49.0 Å². The van der Waals surface area contributed by atoms with E-state index in [9.17, 15) is 24.0 Å². The highest BCUT2D eigenvalue weighted by atomic mass is 28.3. The Morgan fingerprint density at radius 1 is 0.784 bits per heavy atom. The van der Waals surface area contributed by atoms with E-state index in [0.29, 0.717) is 77.2 Å². The Kier molecular flexibility index (Phi) is 18.2. The van der Waals surface area contributed by atoms with Crippen LogP contribution in [0.2, 0.25) is 16.6 Å². The number of hydrogen-bond donors (Lipinski definition) is 2. The number of pyridine rings is 1. The van der Waals surface area contributed by atoms with E-state index in [0.717, 1.165) is 102 Å². The molecule has 3 aromatic carbocycles. The Morgan fingerprint density at radius 3 is 2.10 bits per heavy atom. The van der Waals surface area contributed by atoms with Crippen LogP contribution in [0, 0.1) is 39.8 Å². The number of anilines is 3. The number of rotatable bonds is 15. The molecule has 2 N–H and O–H groups in total. The minimum absolute atomic E-state index is 0.0230. The maximum atomic E-state index is 18.5. The van der Waals surface area contributed by atoms with Gasteiger partial charge in [-0.15, -0.1) is 5.54 Å². The third-order valence-corrected chi connectivity index (χ3v) is 28.7. The molecule has 2 bridgehead atoms. The number of benzene rings is 3. The molecule has 2 aromatic heterocycles. The first-order chi connectivity index (χ1) is 46.0. The second kappa shape index (κ2) is 26.0. The van der Waals surface area contributed by atoms with Crippen LogP contribution < -0.4 is 25.2 Å². The van der Waals surface area contributed by atoms with Crippen LogP contribution in [0.15, 0.2) is 48.7 Å². The Morgan fingerprint density at radius 2 is 1.46 bits per heavy atom. The third kappa shape index (κ3) is 13.7. The summed E-state index contributed by atoms with van der Waals surface area (Å²) in [6.07, 6.45) is 9.42. The Bertz CT molecular complexity index is 3960. The zero-order chi connectivity index (χ0) is 68.8. The zero-order valence-electron chi connectivity index (χ0n) is 58.8. The number of aromatic nitrogens is 3. The van der Waals surface area contributed by atoms with Gasteiger partial charge in [-0.2, -0.15) is 9.97 Å². The molecule has 8 aliphatic rings. The molecule has 2 unspecified atom stereocenters. The van der Waals surface area contributed by atoms with Gasteiger partial charge >= 0.3 is 18.2 Å². The number of carbonyl (C=O) groups is 5. The third-order valence-electron chi connectivity index (χ3n) is 22.4. The lowest BCUT2D eigenvalue weighted by Crippen LogP contribution is -2.57. The lowest BCUT2D eigenvalue weighted by molar-refractivity contribution is -0.136. The van der Waals surface area contributed by atoms with Crippen LogP contribution in [0.25, 0.3) is 32.9 Å². The largest absolute Gasteiger partial charge is 0.463 e. The van der Waals surface area contributed by atoms with Crippen molar-refractivity contribution in [3.05, 3.63) is 77.0 Å². The number of likely N-dealkylation sites (tertiary alicyclic amines) is 1.